The molecule has 0 aliphatic carbocycles. The van der Waals surface area contributed by atoms with E-state index >= 15 is 0 Å². The zero-order valence-electron chi connectivity index (χ0n) is 16.2. The predicted octanol–water partition coefficient (Wildman–Crippen LogP) is 5.31. The van der Waals surface area contributed by atoms with Crippen molar-refractivity contribution in [2.75, 3.05) is 13.2 Å². The molecule has 150 valence electrons. The zero-order chi connectivity index (χ0) is 20.5. The van der Waals surface area contributed by atoms with E-state index in [-0.39, 0.29) is 12.5 Å². The second-order valence-corrected chi connectivity index (χ2v) is 7.35. The van der Waals surface area contributed by atoms with Gasteiger partial charge in [0.1, 0.15) is 11.5 Å². The van der Waals surface area contributed by atoms with E-state index in [1.807, 2.05) is 48.5 Å². The molecule has 0 aliphatic heterocycles. The Morgan fingerprint density at radius 1 is 1.07 bits per heavy atom. The van der Waals surface area contributed by atoms with E-state index in [4.69, 9.17) is 9.47 Å². The highest BCUT2D eigenvalue weighted by molar-refractivity contribution is 9.10. The number of fused-ring (bicyclic) bond motifs is 1. The summed E-state index contributed by atoms with van der Waals surface area (Å²) in [5.74, 6) is 1.03. The van der Waals surface area contributed by atoms with Crippen molar-refractivity contribution in [3.05, 3.63) is 70.7 Å². The number of hydrogen-bond acceptors (Lipinski definition) is 4. The Hall–Kier alpha value is -2.86. The molecule has 5 nitrogen and oxygen atoms in total. The molecule has 3 aromatic rings. The first-order valence-electron chi connectivity index (χ1n) is 9.52. The molecule has 0 saturated carbocycles. The summed E-state index contributed by atoms with van der Waals surface area (Å²) >= 11 is 3.36. The fourth-order valence-electron chi connectivity index (χ4n) is 2.74. The maximum Gasteiger partial charge on any atom is 0.277 e. The number of halogens is 1. The quantitative estimate of drug-likeness (QED) is 0.270. The van der Waals surface area contributed by atoms with Crippen LogP contribution in [0, 0.1) is 0 Å². The molecule has 6 heteroatoms. The number of unbranched alkanes of at least 4 members (excludes halogenated alkanes) is 1. The molecule has 0 fully saturated rings. The summed E-state index contributed by atoms with van der Waals surface area (Å²) in [6.45, 7) is 2.65. The number of hydrogen-bond donors (Lipinski definition) is 1. The highest BCUT2D eigenvalue weighted by Crippen LogP contribution is 2.27. The van der Waals surface area contributed by atoms with Gasteiger partial charge in [-0.25, -0.2) is 5.43 Å². The van der Waals surface area contributed by atoms with E-state index in [1.165, 1.54) is 0 Å². The van der Waals surface area contributed by atoms with E-state index < -0.39 is 0 Å². The van der Waals surface area contributed by atoms with Gasteiger partial charge in [0.05, 0.1) is 12.8 Å². The topological polar surface area (TPSA) is 59.9 Å². The first-order chi connectivity index (χ1) is 14.2. The molecular formula is C23H23BrN2O3. The number of ether oxygens (including phenoxy) is 2. The summed E-state index contributed by atoms with van der Waals surface area (Å²) in [7, 11) is 0. The van der Waals surface area contributed by atoms with Crippen LogP contribution in [-0.4, -0.2) is 25.3 Å². The number of benzene rings is 3. The molecular weight excluding hydrogens is 432 g/mol. The van der Waals surface area contributed by atoms with Crippen molar-refractivity contribution >= 4 is 38.8 Å². The molecule has 0 atom stereocenters. The lowest BCUT2D eigenvalue weighted by atomic mass is 10.0. The fourth-order valence-corrected chi connectivity index (χ4v) is 3.01. The van der Waals surface area contributed by atoms with Gasteiger partial charge in [0.15, 0.2) is 6.61 Å². The van der Waals surface area contributed by atoms with Crippen LogP contribution in [-0.2, 0) is 4.79 Å². The van der Waals surface area contributed by atoms with Crippen LogP contribution in [0.5, 0.6) is 11.5 Å². The number of carbonyl (C=O) groups excluding carboxylic acids is 1. The molecule has 1 amide bonds. The third-order valence-corrected chi connectivity index (χ3v) is 4.78. The van der Waals surface area contributed by atoms with Crippen molar-refractivity contribution in [1.82, 2.24) is 5.43 Å². The van der Waals surface area contributed by atoms with Gasteiger partial charge in [-0.05, 0) is 47.5 Å². The number of nitrogens with zero attached hydrogens (tertiary/aromatic N) is 1. The SMILES string of the molecule is CCCCOc1ccc2ccccc2c1/C=N\NC(=O)COc1ccc(Br)cc1. The van der Waals surface area contributed by atoms with Gasteiger partial charge in [0, 0.05) is 10.0 Å². The second kappa shape index (κ2) is 10.6. The zero-order valence-corrected chi connectivity index (χ0v) is 17.8. The largest absolute Gasteiger partial charge is 0.493 e. The number of amides is 1. The van der Waals surface area contributed by atoms with E-state index in [1.54, 1.807) is 18.3 Å². The van der Waals surface area contributed by atoms with Crippen molar-refractivity contribution in [2.24, 2.45) is 5.10 Å². The Balaban J connectivity index is 1.67. The minimum atomic E-state index is -0.335. The van der Waals surface area contributed by atoms with E-state index in [9.17, 15) is 4.79 Å². The Labute approximate surface area is 178 Å². The van der Waals surface area contributed by atoms with Gasteiger partial charge in [-0.2, -0.15) is 5.10 Å². The summed E-state index contributed by atoms with van der Waals surface area (Å²) in [6.07, 6.45) is 3.67. The smallest absolute Gasteiger partial charge is 0.277 e. The van der Waals surface area contributed by atoms with Crippen LogP contribution in [0.4, 0.5) is 0 Å². The minimum Gasteiger partial charge on any atom is -0.493 e. The number of nitrogens with one attached hydrogen (secondary N) is 1. The van der Waals surface area contributed by atoms with Gasteiger partial charge >= 0.3 is 0 Å². The Kier molecular flexibility index (Phi) is 7.64. The lowest BCUT2D eigenvalue weighted by molar-refractivity contribution is -0.123. The minimum absolute atomic E-state index is 0.117. The van der Waals surface area contributed by atoms with E-state index in [0.717, 1.165) is 39.4 Å². The average molecular weight is 455 g/mol. The van der Waals surface area contributed by atoms with Crippen LogP contribution in [0.25, 0.3) is 10.8 Å². The summed E-state index contributed by atoms with van der Waals surface area (Å²) in [5.41, 5.74) is 3.35. The van der Waals surface area contributed by atoms with Crippen molar-refractivity contribution in [2.45, 2.75) is 19.8 Å². The normalized spacial score (nSPS) is 11.0. The third-order valence-electron chi connectivity index (χ3n) is 4.25. The van der Waals surface area contributed by atoms with Crippen LogP contribution in [0.3, 0.4) is 0 Å². The number of hydrazone groups is 1. The van der Waals surface area contributed by atoms with Crippen LogP contribution in [0.15, 0.2) is 70.2 Å². The summed E-state index contributed by atoms with van der Waals surface area (Å²) < 4.78 is 12.3. The van der Waals surface area contributed by atoms with Crippen LogP contribution >= 0.6 is 15.9 Å². The third kappa shape index (κ3) is 6.06. The van der Waals surface area contributed by atoms with Gasteiger partial charge in [0.25, 0.3) is 5.91 Å². The first kappa shape index (κ1) is 20.9. The second-order valence-electron chi connectivity index (χ2n) is 6.44. The molecule has 0 bridgehead atoms. The molecule has 0 spiro atoms. The van der Waals surface area contributed by atoms with E-state index in [0.29, 0.717) is 12.4 Å². The maximum absolute atomic E-state index is 12.0. The average Bonchev–Trinajstić information content (AvgIpc) is 2.74. The highest BCUT2D eigenvalue weighted by Gasteiger charge is 2.08. The standard InChI is InChI=1S/C23H23BrN2O3/c1-2-3-14-28-22-13-8-17-6-4-5-7-20(17)21(22)15-25-26-23(27)16-29-19-11-9-18(24)10-12-19/h4-13,15H,2-3,14,16H2,1H3,(H,26,27)/b25-15-. The highest BCUT2D eigenvalue weighted by atomic mass is 79.9. The van der Waals surface area contributed by atoms with Gasteiger partial charge in [-0.15, -0.1) is 0 Å². The molecule has 3 aromatic carbocycles. The Morgan fingerprint density at radius 3 is 2.66 bits per heavy atom. The van der Waals surface area contributed by atoms with Crippen molar-refractivity contribution in [3.63, 3.8) is 0 Å². The van der Waals surface area contributed by atoms with Crippen molar-refractivity contribution in [3.8, 4) is 11.5 Å². The Morgan fingerprint density at radius 2 is 1.86 bits per heavy atom. The number of carbonyl (C=O) groups is 1. The van der Waals surface area contributed by atoms with Crippen LogP contribution in [0.2, 0.25) is 0 Å². The Bertz CT molecular complexity index is 987. The lowest BCUT2D eigenvalue weighted by Gasteiger charge is -2.11. The van der Waals surface area contributed by atoms with Gasteiger partial charge in [0.2, 0.25) is 0 Å². The maximum atomic E-state index is 12.0. The molecule has 1 N–H and O–H groups in total. The molecule has 0 unspecified atom stereocenters. The summed E-state index contributed by atoms with van der Waals surface area (Å²) in [6, 6.07) is 19.3. The molecule has 0 radical (unpaired) electrons. The lowest BCUT2D eigenvalue weighted by Crippen LogP contribution is -2.24. The van der Waals surface area contributed by atoms with Gasteiger partial charge in [-0.1, -0.05) is 59.6 Å². The molecule has 29 heavy (non-hydrogen) atoms. The molecule has 3 rings (SSSR count). The predicted molar refractivity (Wildman–Crippen MR) is 120 cm³/mol. The van der Waals surface area contributed by atoms with Gasteiger partial charge in [-0.3, -0.25) is 4.79 Å². The van der Waals surface area contributed by atoms with Crippen molar-refractivity contribution < 1.29 is 14.3 Å². The summed E-state index contributed by atoms with van der Waals surface area (Å²) in [5, 5.41) is 6.22. The molecule has 0 aliphatic rings. The number of rotatable bonds is 9. The van der Waals surface area contributed by atoms with Crippen molar-refractivity contribution in [1.29, 1.82) is 0 Å². The monoisotopic (exact) mass is 454 g/mol. The van der Waals surface area contributed by atoms with Gasteiger partial charge < -0.3 is 9.47 Å². The van der Waals surface area contributed by atoms with Crippen LogP contribution in [0.1, 0.15) is 25.3 Å². The first-order valence-corrected chi connectivity index (χ1v) is 10.3. The molecule has 0 aromatic heterocycles. The summed E-state index contributed by atoms with van der Waals surface area (Å²) in [4.78, 5) is 12.0. The fraction of sp³-hybridized carbons (Fsp3) is 0.217. The molecule has 0 saturated heterocycles. The molecule has 0 heterocycles. The van der Waals surface area contributed by atoms with E-state index in [2.05, 4.69) is 33.4 Å². The van der Waals surface area contributed by atoms with Crippen LogP contribution < -0.4 is 14.9 Å².